The number of amides is 2. The van der Waals surface area contributed by atoms with Gasteiger partial charge < -0.3 is 15.0 Å². The average Bonchev–Trinajstić information content (AvgIpc) is 3.14. The lowest BCUT2D eigenvalue weighted by atomic mass is 10.0. The SMILES string of the molecule is [2H]C([2H])([2H])N(C(=O)OC(C)(C)C)C(C)C(=O)Nc1ccc(-c2c(C)c[nH]c2C)c(C#Cc2ccccc2)n1. The van der Waals surface area contributed by atoms with Gasteiger partial charge in [0.25, 0.3) is 0 Å². The van der Waals surface area contributed by atoms with Crippen molar-refractivity contribution < 1.29 is 18.4 Å². The lowest BCUT2D eigenvalue weighted by molar-refractivity contribution is -0.120. The van der Waals surface area contributed by atoms with Crippen molar-refractivity contribution in [1.82, 2.24) is 14.9 Å². The first-order valence-electron chi connectivity index (χ1n) is 12.7. The highest BCUT2D eigenvalue weighted by molar-refractivity contribution is 5.95. The summed E-state index contributed by atoms with van der Waals surface area (Å²) < 4.78 is 28.6. The van der Waals surface area contributed by atoms with Gasteiger partial charge in [0, 0.05) is 39.7 Å². The van der Waals surface area contributed by atoms with Crippen LogP contribution in [-0.4, -0.2) is 45.5 Å². The zero-order chi connectivity index (χ0) is 28.3. The summed E-state index contributed by atoms with van der Waals surface area (Å²) in [4.78, 5) is 34.0. The van der Waals surface area contributed by atoms with Crippen molar-refractivity contribution in [2.75, 3.05) is 12.3 Å². The van der Waals surface area contributed by atoms with Gasteiger partial charge in [0.15, 0.2) is 0 Å². The summed E-state index contributed by atoms with van der Waals surface area (Å²) in [5.74, 6) is 5.64. The van der Waals surface area contributed by atoms with Gasteiger partial charge in [-0.05, 0) is 77.3 Å². The molecule has 1 unspecified atom stereocenters. The molecular weight excluding hydrogens is 440 g/mol. The van der Waals surface area contributed by atoms with Gasteiger partial charge in [-0.3, -0.25) is 9.69 Å². The summed E-state index contributed by atoms with van der Waals surface area (Å²) in [7, 11) is 0. The third-order valence-corrected chi connectivity index (χ3v) is 5.15. The van der Waals surface area contributed by atoms with E-state index in [1.54, 1.807) is 32.9 Å². The van der Waals surface area contributed by atoms with E-state index in [9.17, 15) is 9.59 Å². The number of likely N-dealkylation sites (N-methyl/N-ethyl adjacent to an activating group) is 1. The smallest absolute Gasteiger partial charge is 0.410 e. The van der Waals surface area contributed by atoms with Crippen molar-refractivity contribution in [3.8, 4) is 23.0 Å². The van der Waals surface area contributed by atoms with Gasteiger partial charge in [-0.2, -0.15) is 0 Å². The molecule has 0 saturated carbocycles. The maximum absolute atomic E-state index is 13.1. The van der Waals surface area contributed by atoms with Crippen LogP contribution in [0.3, 0.4) is 0 Å². The molecule has 2 amide bonds. The Morgan fingerprint density at radius 2 is 1.86 bits per heavy atom. The molecule has 0 bridgehead atoms. The van der Waals surface area contributed by atoms with Gasteiger partial charge in [0.05, 0.1) is 0 Å². The standard InChI is InChI=1S/C28H32N4O3/c1-18-17-29-19(2)25(18)22-14-16-24(30-23(22)15-13-21-11-9-8-10-12-21)31-26(33)20(3)32(7)27(34)35-28(4,5)6/h8-12,14,16-17,20,29H,1-7H3,(H,30,31,33)/i7D3. The Morgan fingerprint density at radius 3 is 2.46 bits per heavy atom. The molecule has 3 aromatic rings. The molecule has 7 heteroatoms. The van der Waals surface area contributed by atoms with Crippen molar-refractivity contribution in [2.24, 2.45) is 0 Å². The molecule has 1 aromatic carbocycles. The molecule has 2 heterocycles. The molecule has 0 aliphatic carbocycles. The Hall–Kier alpha value is -4.05. The van der Waals surface area contributed by atoms with E-state index >= 15 is 0 Å². The summed E-state index contributed by atoms with van der Waals surface area (Å²) in [5.41, 5.74) is 4.01. The number of H-pyrrole nitrogens is 1. The van der Waals surface area contributed by atoms with Crippen molar-refractivity contribution >= 4 is 17.8 Å². The van der Waals surface area contributed by atoms with Crippen LogP contribution >= 0.6 is 0 Å². The molecule has 0 radical (unpaired) electrons. The number of aromatic nitrogens is 2. The highest BCUT2D eigenvalue weighted by Crippen LogP contribution is 2.30. The van der Waals surface area contributed by atoms with Crippen LogP contribution in [0, 0.1) is 25.7 Å². The molecule has 0 aliphatic heterocycles. The largest absolute Gasteiger partial charge is 0.444 e. The quantitative estimate of drug-likeness (QED) is 0.502. The summed E-state index contributed by atoms with van der Waals surface area (Å²) in [6.45, 7) is 7.20. The van der Waals surface area contributed by atoms with E-state index in [-0.39, 0.29) is 5.82 Å². The topological polar surface area (TPSA) is 87.3 Å². The molecule has 182 valence electrons. The predicted molar refractivity (Wildman–Crippen MR) is 138 cm³/mol. The number of aromatic amines is 1. The Labute approximate surface area is 211 Å². The minimum atomic E-state index is -2.90. The summed E-state index contributed by atoms with van der Waals surface area (Å²) in [5, 5.41) is 2.63. The maximum atomic E-state index is 13.1. The van der Waals surface area contributed by atoms with Crippen LogP contribution in [0.1, 0.15) is 54.3 Å². The molecule has 0 fully saturated rings. The normalized spacial score (nSPS) is 13.4. The molecule has 0 spiro atoms. The molecule has 35 heavy (non-hydrogen) atoms. The molecule has 0 saturated heterocycles. The van der Waals surface area contributed by atoms with Gasteiger partial charge in [0.2, 0.25) is 5.91 Å². The fourth-order valence-corrected chi connectivity index (χ4v) is 3.37. The van der Waals surface area contributed by atoms with E-state index in [0.29, 0.717) is 10.6 Å². The number of ether oxygens (including phenoxy) is 1. The van der Waals surface area contributed by atoms with Crippen LogP contribution < -0.4 is 5.32 Å². The Kier molecular flexibility index (Phi) is 6.43. The number of rotatable bonds is 4. The van der Waals surface area contributed by atoms with Crippen LogP contribution in [-0.2, 0) is 9.53 Å². The van der Waals surface area contributed by atoms with Gasteiger partial charge in [0.1, 0.15) is 23.2 Å². The van der Waals surface area contributed by atoms with E-state index in [2.05, 4.69) is 27.1 Å². The molecule has 2 aromatic heterocycles. The number of hydrogen-bond acceptors (Lipinski definition) is 4. The van der Waals surface area contributed by atoms with Crippen molar-refractivity contribution in [3.05, 3.63) is 71.2 Å². The van der Waals surface area contributed by atoms with E-state index in [1.165, 1.54) is 6.92 Å². The third-order valence-electron chi connectivity index (χ3n) is 5.15. The number of nitrogens with one attached hydrogen (secondary N) is 2. The van der Waals surface area contributed by atoms with E-state index in [4.69, 9.17) is 8.85 Å². The number of nitrogens with zero attached hydrogens (tertiary/aromatic N) is 2. The van der Waals surface area contributed by atoms with E-state index in [0.717, 1.165) is 27.9 Å². The second kappa shape index (κ2) is 10.5. The van der Waals surface area contributed by atoms with Gasteiger partial charge >= 0.3 is 6.09 Å². The number of carbonyl (C=O) groups excluding carboxylic acids is 2. The zero-order valence-electron chi connectivity index (χ0n) is 23.8. The van der Waals surface area contributed by atoms with E-state index in [1.807, 2.05) is 50.4 Å². The monoisotopic (exact) mass is 475 g/mol. The number of aryl methyl sites for hydroxylation is 2. The molecule has 0 aliphatic rings. The second-order valence-electron chi connectivity index (χ2n) is 9.20. The third kappa shape index (κ3) is 6.51. The molecule has 2 N–H and O–H groups in total. The van der Waals surface area contributed by atoms with Crippen LogP contribution in [0.4, 0.5) is 10.6 Å². The fraction of sp³-hybridized carbons (Fsp3) is 0.321. The number of pyridine rings is 1. The fourth-order valence-electron chi connectivity index (χ4n) is 3.37. The van der Waals surface area contributed by atoms with Crippen molar-refractivity contribution in [1.29, 1.82) is 0 Å². The lowest BCUT2D eigenvalue weighted by Gasteiger charge is -2.28. The van der Waals surface area contributed by atoms with Crippen LogP contribution in [0.15, 0.2) is 48.7 Å². The average molecular weight is 476 g/mol. The highest BCUT2D eigenvalue weighted by atomic mass is 16.6. The van der Waals surface area contributed by atoms with E-state index < -0.39 is 30.6 Å². The molecule has 7 nitrogen and oxygen atoms in total. The first-order valence-corrected chi connectivity index (χ1v) is 11.2. The summed E-state index contributed by atoms with van der Waals surface area (Å²) >= 11 is 0. The first-order chi connectivity index (χ1) is 17.7. The zero-order valence-corrected chi connectivity index (χ0v) is 20.8. The van der Waals surface area contributed by atoms with Crippen LogP contribution in [0.2, 0.25) is 0 Å². The van der Waals surface area contributed by atoms with Gasteiger partial charge in [-0.15, -0.1) is 0 Å². The van der Waals surface area contributed by atoms with Crippen LogP contribution in [0.25, 0.3) is 11.1 Å². The highest BCUT2D eigenvalue weighted by Gasteiger charge is 2.27. The molecular formula is C28H32N4O3. The van der Waals surface area contributed by atoms with Crippen molar-refractivity contribution in [3.63, 3.8) is 0 Å². The summed E-state index contributed by atoms with van der Waals surface area (Å²) in [6, 6.07) is 11.5. The first kappa shape index (κ1) is 21.5. The number of anilines is 1. The van der Waals surface area contributed by atoms with Gasteiger partial charge in [-0.25, -0.2) is 9.78 Å². The van der Waals surface area contributed by atoms with Crippen molar-refractivity contribution in [2.45, 2.75) is 53.2 Å². The number of benzene rings is 1. The Morgan fingerprint density at radius 1 is 1.14 bits per heavy atom. The molecule has 3 rings (SSSR count). The minimum Gasteiger partial charge on any atom is -0.444 e. The Bertz CT molecular complexity index is 1360. The number of carbonyl (C=O) groups is 2. The number of hydrogen-bond donors (Lipinski definition) is 2. The second-order valence-corrected chi connectivity index (χ2v) is 9.20. The minimum absolute atomic E-state index is 0.170. The predicted octanol–water partition coefficient (Wildman–Crippen LogP) is 5.29. The maximum Gasteiger partial charge on any atom is 0.410 e. The molecule has 1 atom stereocenters. The van der Waals surface area contributed by atoms with Crippen LogP contribution in [0.5, 0.6) is 0 Å². The summed E-state index contributed by atoms with van der Waals surface area (Å²) in [6.07, 6.45) is 0.785. The Balaban J connectivity index is 1.96. The lowest BCUT2D eigenvalue weighted by Crippen LogP contribution is -2.45. The van der Waals surface area contributed by atoms with Gasteiger partial charge in [-0.1, -0.05) is 24.1 Å².